The van der Waals surface area contributed by atoms with Gasteiger partial charge in [0.15, 0.2) is 0 Å². The molecule has 0 aromatic carbocycles. The largest absolute Gasteiger partial charge is 3.00 e. The van der Waals surface area contributed by atoms with Crippen molar-refractivity contribution in [3.8, 4) is 0 Å². The van der Waals surface area contributed by atoms with Gasteiger partial charge in [0, 0.05) is 0 Å². The van der Waals surface area contributed by atoms with E-state index < -0.39 is 0 Å². The molecule has 0 aromatic rings. The van der Waals surface area contributed by atoms with E-state index in [9.17, 15) is 0 Å². The predicted octanol–water partition coefficient (Wildman–Crippen LogP) is -11.9. The topological polar surface area (TPSA) is 0 Å². The van der Waals surface area contributed by atoms with Crippen molar-refractivity contribution in [2.45, 2.75) is 0 Å². The molecular weight excluding hydrogens is 347 g/mol. The van der Waals surface area contributed by atoms with Crippen LogP contribution in [0.4, 0.5) is 0 Å². The third kappa shape index (κ3) is 19.1. The van der Waals surface area contributed by atoms with Crippen molar-refractivity contribution >= 4 is 0 Å². The molecule has 5 heteroatoms. The van der Waals surface area contributed by atoms with E-state index >= 15 is 0 Å². The van der Waals surface area contributed by atoms with E-state index in [2.05, 4.69) is 0 Å². The number of hydrogen-bond acceptors (Lipinski definition) is 0. The van der Waals surface area contributed by atoms with Gasteiger partial charge in [-0.05, 0) is 0 Å². The second-order valence-corrected chi connectivity index (χ2v) is 0. The number of hydrogen-bond donors (Lipinski definition) is 0. The Labute approximate surface area is 121 Å². The minimum Gasteiger partial charge on any atom is -1.00 e. The smallest absolute Gasteiger partial charge is 1.00 e. The molecule has 0 saturated heterocycles. The molecule has 0 N–H and O–H groups in total. The molecule has 0 unspecified atom stereocenters. The van der Waals surface area contributed by atoms with E-state index in [0.29, 0.717) is 0 Å². The molecule has 0 rings (SSSR count). The van der Waals surface area contributed by atoms with Gasteiger partial charge in [0.1, 0.15) is 0 Å². The molecule has 0 spiro atoms. The fraction of sp³-hybridized carbons (Fsp3) is 0. The van der Waals surface area contributed by atoms with Gasteiger partial charge in [-0.3, -0.25) is 0 Å². The zero-order chi connectivity index (χ0) is 0. The van der Waals surface area contributed by atoms with E-state index in [-0.39, 0.29) is 124 Å². The maximum atomic E-state index is 0. The maximum absolute atomic E-state index is 0. The Kier molecular flexibility index (Phi) is 227. The van der Waals surface area contributed by atoms with Crippen LogP contribution in [0.15, 0.2) is 0 Å². The third-order valence-electron chi connectivity index (χ3n) is 0. The van der Waals surface area contributed by atoms with Crippen molar-refractivity contribution in [3.63, 3.8) is 0 Å². The Bertz CT molecular complexity index is 10.8. The number of halogens is 3. The monoisotopic (exact) mass is 349 g/mol. The molecule has 0 aromatic heterocycles. The fourth-order valence-electron chi connectivity index (χ4n) is 0. The normalized spacial score (nSPS) is 0. The molecule has 0 heterocycles. The molecular formula is HCsF3Gd. The first-order valence-corrected chi connectivity index (χ1v) is 0. The molecule has 0 fully saturated rings. The van der Waals surface area contributed by atoms with Crippen LogP contribution in [-0.2, 0) is 0 Å². The molecule has 0 nitrogen and oxygen atoms in total. The summed E-state index contributed by atoms with van der Waals surface area (Å²) in [5.74, 6) is 0. The quantitative estimate of drug-likeness (QED) is 0.408. The van der Waals surface area contributed by atoms with Crippen molar-refractivity contribution in [1.82, 2.24) is 0 Å². The van der Waals surface area contributed by atoms with E-state index in [1.165, 1.54) is 0 Å². The van der Waals surface area contributed by atoms with E-state index in [1.54, 1.807) is 0 Å². The van der Waals surface area contributed by atoms with Gasteiger partial charge in [-0.2, -0.15) is 0 Å². The van der Waals surface area contributed by atoms with Gasteiger partial charge in [-0.15, -0.1) is 0 Å². The molecule has 0 aliphatic carbocycles. The molecule has 31 valence electrons. The maximum Gasteiger partial charge on any atom is 3.00 e. The summed E-state index contributed by atoms with van der Waals surface area (Å²) in [6.45, 7) is 0. The molecule has 1 radical (unpaired) electrons. The summed E-state index contributed by atoms with van der Waals surface area (Å²) in [5, 5.41) is 0. The molecule has 0 bridgehead atoms. The van der Waals surface area contributed by atoms with Gasteiger partial charge >= 0.3 is 109 Å². The summed E-state index contributed by atoms with van der Waals surface area (Å²) in [6, 6.07) is 0. The van der Waals surface area contributed by atoms with Gasteiger partial charge < -0.3 is 15.5 Å². The Morgan fingerprint density at radius 2 is 0.800 bits per heavy atom. The minimum absolute atomic E-state index is 0. The average Bonchev–Trinajstić information content (AvgIpc) is 0. The Hall–Kier alpha value is 3.17. The Balaban J connectivity index is 0. The van der Waals surface area contributed by atoms with Crippen LogP contribution < -0.4 is 83.0 Å². The standard InChI is InChI=1S/Cs.3FH.Gd.H/h;3*1H;;/q+1;;;;+3;-1/p-3. The van der Waals surface area contributed by atoms with Gasteiger partial charge in [-0.25, -0.2) is 0 Å². The molecule has 0 aliphatic heterocycles. The first kappa shape index (κ1) is 41.8. The minimum atomic E-state index is 0. The van der Waals surface area contributed by atoms with Crippen molar-refractivity contribution in [2.24, 2.45) is 0 Å². The summed E-state index contributed by atoms with van der Waals surface area (Å²) < 4.78 is 0. The summed E-state index contributed by atoms with van der Waals surface area (Å²) in [4.78, 5) is 0. The van der Waals surface area contributed by atoms with Crippen LogP contribution in [-0.4, -0.2) is 0 Å². The molecule has 0 aliphatic rings. The van der Waals surface area contributed by atoms with Crippen LogP contribution in [0.5, 0.6) is 0 Å². The SMILES string of the molecule is [Cs+].[F-].[F-].[F-].[Gd+3].[H-]. The predicted molar refractivity (Wildman–Crippen MR) is 1.11 cm³/mol. The van der Waals surface area contributed by atoms with Crippen LogP contribution in [0.1, 0.15) is 1.43 Å². The molecule has 0 saturated carbocycles. The molecule has 0 amide bonds. The van der Waals surface area contributed by atoms with E-state index in [0.717, 1.165) is 0 Å². The summed E-state index contributed by atoms with van der Waals surface area (Å²) in [6.07, 6.45) is 0. The van der Waals surface area contributed by atoms with Crippen LogP contribution in [0, 0.1) is 39.9 Å². The van der Waals surface area contributed by atoms with Crippen LogP contribution in [0.2, 0.25) is 0 Å². The Morgan fingerprint density at radius 1 is 0.800 bits per heavy atom. The fourth-order valence-corrected chi connectivity index (χ4v) is 0. The van der Waals surface area contributed by atoms with Crippen LogP contribution >= 0.6 is 0 Å². The van der Waals surface area contributed by atoms with Crippen molar-refractivity contribution in [2.75, 3.05) is 0 Å². The third-order valence-corrected chi connectivity index (χ3v) is 0. The van der Waals surface area contributed by atoms with Crippen molar-refractivity contribution in [3.05, 3.63) is 0 Å². The van der Waals surface area contributed by atoms with Crippen molar-refractivity contribution in [1.29, 1.82) is 0 Å². The second kappa shape index (κ2) is 27.2. The van der Waals surface area contributed by atoms with E-state index in [1.807, 2.05) is 0 Å². The summed E-state index contributed by atoms with van der Waals surface area (Å²) in [7, 11) is 0. The van der Waals surface area contributed by atoms with E-state index in [4.69, 9.17) is 0 Å². The van der Waals surface area contributed by atoms with Crippen LogP contribution in [0.3, 0.4) is 0 Å². The summed E-state index contributed by atoms with van der Waals surface area (Å²) in [5.41, 5.74) is 0. The van der Waals surface area contributed by atoms with Gasteiger partial charge in [-0.1, -0.05) is 0 Å². The number of rotatable bonds is 0. The first-order valence-electron chi connectivity index (χ1n) is 0. The van der Waals surface area contributed by atoms with Gasteiger partial charge in [0.2, 0.25) is 0 Å². The van der Waals surface area contributed by atoms with Crippen molar-refractivity contribution < 1.29 is 124 Å². The zero-order valence-corrected chi connectivity index (χ0v) is 11.0. The van der Waals surface area contributed by atoms with Crippen LogP contribution in [0.25, 0.3) is 0 Å². The molecule has 5 heavy (non-hydrogen) atoms. The first-order chi connectivity index (χ1) is 0. The molecule has 0 atom stereocenters. The van der Waals surface area contributed by atoms with Gasteiger partial charge in [0.25, 0.3) is 0 Å². The van der Waals surface area contributed by atoms with Gasteiger partial charge in [0.05, 0.1) is 0 Å². The Morgan fingerprint density at radius 3 is 0.800 bits per heavy atom. The average molecular weight is 348 g/mol. The zero-order valence-electron chi connectivity index (χ0n) is 3.49. The second-order valence-electron chi connectivity index (χ2n) is 0. The summed E-state index contributed by atoms with van der Waals surface area (Å²) >= 11 is 0.